The van der Waals surface area contributed by atoms with Gasteiger partial charge in [-0.1, -0.05) is 11.8 Å². The van der Waals surface area contributed by atoms with Crippen LogP contribution in [0.3, 0.4) is 0 Å². The van der Waals surface area contributed by atoms with Crippen molar-refractivity contribution in [2.75, 3.05) is 11.9 Å². The van der Waals surface area contributed by atoms with Crippen LogP contribution in [-0.2, 0) is 16.1 Å². The Morgan fingerprint density at radius 3 is 2.81 bits per heavy atom. The first kappa shape index (κ1) is 18.5. The summed E-state index contributed by atoms with van der Waals surface area (Å²) in [5, 5.41) is 14.8. The van der Waals surface area contributed by atoms with Gasteiger partial charge in [0.05, 0.1) is 17.9 Å². The molecule has 1 saturated heterocycles. The summed E-state index contributed by atoms with van der Waals surface area (Å²) in [6.45, 7) is 4.68. The van der Waals surface area contributed by atoms with E-state index in [1.54, 1.807) is 35.9 Å². The molecule has 0 aliphatic carbocycles. The summed E-state index contributed by atoms with van der Waals surface area (Å²) in [6, 6.07) is 6.82. The van der Waals surface area contributed by atoms with Crippen LogP contribution < -0.4 is 5.32 Å². The zero-order valence-electron chi connectivity index (χ0n) is 14.7. The Balaban J connectivity index is 1.57. The van der Waals surface area contributed by atoms with Crippen molar-refractivity contribution in [2.45, 2.75) is 49.7 Å². The van der Waals surface area contributed by atoms with Crippen molar-refractivity contribution in [1.29, 1.82) is 0 Å². The predicted molar refractivity (Wildman–Crippen MR) is 97.2 cm³/mol. The molecular formula is C17H21N5O3S. The van der Waals surface area contributed by atoms with Gasteiger partial charge in [0.25, 0.3) is 0 Å². The van der Waals surface area contributed by atoms with Crippen molar-refractivity contribution in [3.05, 3.63) is 29.8 Å². The first-order valence-electron chi connectivity index (χ1n) is 8.49. The minimum atomic E-state index is -0.378. The average molecular weight is 375 g/mol. The number of nitrogens with one attached hydrogen (secondary N) is 1. The van der Waals surface area contributed by atoms with Gasteiger partial charge in [0.2, 0.25) is 11.1 Å². The van der Waals surface area contributed by atoms with Crippen LogP contribution in [0.4, 0.5) is 5.69 Å². The molecule has 1 fully saturated rings. The van der Waals surface area contributed by atoms with E-state index >= 15 is 0 Å². The van der Waals surface area contributed by atoms with Crippen LogP contribution in [0.5, 0.6) is 0 Å². The Bertz CT molecular complexity index is 771. The van der Waals surface area contributed by atoms with E-state index in [-0.39, 0.29) is 23.0 Å². The first-order valence-corrected chi connectivity index (χ1v) is 9.37. The molecule has 1 aliphatic heterocycles. The number of thioether (sulfide) groups is 1. The fourth-order valence-corrected chi connectivity index (χ4v) is 3.42. The van der Waals surface area contributed by atoms with E-state index in [0.717, 1.165) is 19.4 Å². The molecule has 0 radical (unpaired) electrons. The largest absolute Gasteiger partial charge is 0.376 e. The molecule has 1 aromatic heterocycles. The molecule has 2 atom stereocenters. The monoisotopic (exact) mass is 375 g/mol. The number of hydrogen-bond acceptors (Lipinski definition) is 7. The smallest absolute Gasteiger partial charge is 0.237 e. The third-order valence-corrected chi connectivity index (χ3v) is 5.18. The van der Waals surface area contributed by atoms with E-state index in [2.05, 4.69) is 20.8 Å². The second kappa shape index (κ2) is 8.41. The Kier molecular flexibility index (Phi) is 6.00. The van der Waals surface area contributed by atoms with E-state index < -0.39 is 0 Å². The number of aromatic nitrogens is 4. The van der Waals surface area contributed by atoms with Crippen molar-refractivity contribution in [3.63, 3.8) is 0 Å². The number of carbonyl (C=O) groups excluding carboxylic acids is 2. The topological polar surface area (TPSA) is 99.0 Å². The maximum absolute atomic E-state index is 12.4. The molecule has 138 valence electrons. The lowest BCUT2D eigenvalue weighted by Gasteiger charge is -2.13. The zero-order valence-corrected chi connectivity index (χ0v) is 15.5. The lowest BCUT2D eigenvalue weighted by Crippen LogP contribution is -2.23. The summed E-state index contributed by atoms with van der Waals surface area (Å²) in [4.78, 5) is 23.7. The van der Waals surface area contributed by atoms with Gasteiger partial charge in [0, 0.05) is 17.9 Å². The highest BCUT2D eigenvalue weighted by molar-refractivity contribution is 8.00. The lowest BCUT2D eigenvalue weighted by molar-refractivity contribution is -0.115. The summed E-state index contributed by atoms with van der Waals surface area (Å²) in [5.41, 5.74) is 1.25. The number of benzene rings is 1. The van der Waals surface area contributed by atoms with Crippen LogP contribution in [0.2, 0.25) is 0 Å². The van der Waals surface area contributed by atoms with Gasteiger partial charge in [-0.15, -0.1) is 5.10 Å². The van der Waals surface area contributed by atoms with Crippen molar-refractivity contribution >= 4 is 29.1 Å². The second-order valence-electron chi connectivity index (χ2n) is 6.16. The van der Waals surface area contributed by atoms with Gasteiger partial charge in [0.1, 0.15) is 0 Å². The molecule has 2 unspecified atom stereocenters. The van der Waals surface area contributed by atoms with Crippen LogP contribution in [0, 0.1) is 0 Å². The number of ether oxygens (including phenoxy) is 1. The van der Waals surface area contributed by atoms with Gasteiger partial charge < -0.3 is 10.1 Å². The number of carbonyl (C=O) groups is 2. The number of anilines is 1. The molecule has 0 saturated carbocycles. The average Bonchev–Trinajstić information content (AvgIpc) is 3.28. The van der Waals surface area contributed by atoms with E-state index in [1.165, 1.54) is 18.7 Å². The molecule has 0 spiro atoms. The Labute approximate surface area is 155 Å². The third-order valence-electron chi connectivity index (χ3n) is 4.11. The summed E-state index contributed by atoms with van der Waals surface area (Å²) >= 11 is 1.30. The van der Waals surface area contributed by atoms with Crippen LogP contribution in [0.1, 0.15) is 37.0 Å². The van der Waals surface area contributed by atoms with Gasteiger partial charge in [0.15, 0.2) is 5.78 Å². The van der Waals surface area contributed by atoms with Crippen molar-refractivity contribution in [1.82, 2.24) is 20.2 Å². The molecule has 9 heteroatoms. The van der Waals surface area contributed by atoms with Crippen molar-refractivity contribution < 1.29 is 14.3 Å². The van der Waals surface area contributed by atoms with E-state index in [4.69, 9.17) is 4.74 Å². The molecule has 1 aromatic carbocycles. The first-order chi connectivity index (χ1) is 12.5. The fourth-order valence-electron chi connectivity index (χ4n) is 2.62. The minimum absolute atomic E-state index is 0.00937. The number of nitrogens with zero attached hydrogens (tertiary/aromatic N) is 4. The van der Waals surface area contributed by atoms with Crippen LogP contribution in [0.25, 0.3) is 0 Å². The molecule has 26 heavy (non-hydrogen) atoms. The zero-order chi connectivity index (χ0) is 18.5. The molecule has 1 amide bonds. The molecule has 0 bridgehead atoms. The summed E-state index contributed by atoms with van der Waals surface area (Å²) in [7, 11) is 0. The SMILES string of the molecule is CC(=O)c1ccc(NC(=O)C(C)Sc2nnnn2CC2CCCO2)cc1. The Hall–Kier alpha value is -2.26. The molecule has 1 N–H and O–H groups in total. The minimum Gasteiger partial charge on any atom is -0.376 e. The van der Waals surface area contributed by atoms with Crippen LogP contribution in [0.15, 0.2) is 29.4 Å². The van der Waals surface area contributed by atoms with E-state index in [0.29, 0.717) is 23.0 Å². The molecule has 3 rings (SSSR count). The van der Waals surface area contributed by atoms with E-state index in [9.17, 15) is 9.59 Å². The normalized spacial score (nSPS) is 17.8. The Morgan fingerprint density at radius 1 is 1.38 bits per heavy atom. The lowest BCUT2D eigenvalue weighted by atomic mass is 10.1. The molecular weight excluding hydrogens is 354 g/mol. The molecule has 2 heterocycles. The number of tetrazole rings is 1. The molecule has 2 aromatic rings. The van der Waals surface area contributed by atoms with Crippen molar-refractivity contribution in [2.24, 2.45) is 0 Å². The fraction of sp³-hybridized carbons (Fsp3) is 0.471. The quantitative estimate of drug-likeness (QED) is 0.585. The van der Waals surface area contributed by atoms with Gasteiger partial charge in [-0.3, -0.25) is 9.59 Å². The number of amides is 1. The highest BCUT2D eigenvalue weighted by Gasteiger charge is 2.22. The number of Topliss-reactive ketones (excluding diaryl/α,β-unsaturated/α-hetero) is 1. The summed E-state index contributed by atoms with van der Waals surface area (Å²) in [6.07, 6.45) is 2.18. The Morgan fingerprint density at radius 2 is 2.15 bits per heavy atom. The van der Waals surface area contributed by atoms with Gasteiger partial charge >= 0.3 is 0 Å². The highest BCUT2D eigenvalue weighted by Crippen LogP contribution is 2.23. The highest BCUT2D eigenvalue weighted by atomic mass is 32.2. The molecule has 1 aliphatic rings. The van der Waals surface area contributed by atoms with Crippen LogP contribution >= 0.6 is 11.8 Å². The number of ketones is 1. The predicted octanol–water partition coefficient (Wildman–Crippen LogP) is 2.17. The third kappa shape index (κ3) is 4.67. The number of rotatable bonds is 7. The van der Waals surface area contributed by atoms with Crippen molar-refractivity contribution in [3.8, 4) is 0 Å². The maximum atomic E-state index is 12.4. The van der Waals surface area contributed by atoms with Gasteiger partial charge in [-0.05, 0) is 61.4 Å². The number of hydrogen-bond donors (Lipinski definition) is 1. The van der Waals surface area contributed by atoms with Crippen LogP contribution in [-0.4, -0.2) is 49.9 Å². The second-order valence-corrected chi connectivity index (χ2v) is 7.47. The maximum Gasteiger partial charge on any atom is 0.237 e. The standard InChI is InChI=1S/C17H21N5O3S/c1-11(23)13-5-7-14(8-6-13)18-16(24)12(2)26-17-19-20-21-22(17)10-15-4-3-9-25-15/h5-8,12,15H,3-4,9-10H2,1-2H3,(H,18,24). The van der Waals surface area contributed by atoms with E-state index in [1.807, 2.05) is 0 Å². The van der Waals surface area contributed by atoms with Gasteiger partial charge in [-0.25, -0.2) is 4.68 Å². The molecule has 8 nitrogen and oxygen atoms in total. The summed E-state index contributed by atoms with van der Waals surface area (Å²) < 4.78 is 7.30. The summed E-state index contributed by atoms with van der Waals surface area (Å²) in [5.74, 6) is -0.165. The van der Waals surface area contributed by atoms with Gasteiger partial charge in [-0.2, -0.15) is 0 Å².